The predicted molar refractivity (Wildman–Crippen MR) is 128 cm³/mol. The third-order valence-corrected chi connectivity index (χ3v) is 5.59. The van der Waals surface area contributed by atoms with E-state index in [9.17, 15) is 8.78 Å². The van der Waals surface area contributed by atoms with E-state index >= 15 is 0 Å². The number of rotatable bonds is 8. The van der Waals surface area contributed by atoms with Gasteiger partial charge in [0.1, 0.15) is 12.3 Å². The van der Waals surface area contributed by atoms with Gasteiger partial charge in [-0.1, -0.05) is 37.3 Å². The van der Waals surface area contributed by atoms with Gasteiger partial charge in [0.15, 0.2) is 5.82 Å². The summed E-state index contributed by atoms with van der Waals surface area (Å²) in [5, 5.41) is 16.6. The molecule has 9 heteroatoms. The summed E-state index contributed by atoms with van der Waals surface area (Å²) in [6.45, 7) is 6.17. The Labute approximate surface area is 203 Å². The van der Waals surface area contributed by atoms with Crippen LogP contribution in [0.25, 0.3) is 11.4 Å². The first-order chi connectivity index (χ1) is 16.9. The first-order valence-corrected chi connectivity index (χ1v) is 11.4. The molecular weight excluding hydrogens is 450 g/mol. The fourth-order valence-electron chi connectivity index (χ4n) is 3.54. The highest BCUT2D eigenvalue weighted by molar-refractivity contribution is 5.75. The second-order valence-corrected chi connectivity index (χ2v) is 8.55. The van der Waals surface area contributed by atoms with Gasteiger partial charge in [-0.3, -0.25) is 0 Å². The number of hydrogen-bond acceptors (Lipinski definition) is 6. The van der Waals surface area contributed by atoms with Gasteiger partial charge < -0.3 is 4.74 Å². The zero-order valence-corrected chi connectivity index (χ0v) is 19.9. The molecule has 0 aromatic carbocycles. The highest BCUT2D eigenvalue weighted by Crippen LogP contribution is 2.35. The van der Waals surface area contributed by atoms with Crippen LogP contribution in [0.1, 0.15) is 62.2 Å². The highest BCUT2D eigenvalue weighted by atomic mass is 19.3. The Morgan fingerprint density at radius 3 is 2.66 bits per heavy atom. The lowest BCUT2D eigenvalue weighted by Gasteiger charge is -2.15. The zero-order valence-electron chi connectivity index (χ0n) is 19.9. The quantitative estimate of drug-likeness (QED) is 0.404. The topological polar surface area (TPSA) is 78.6 Å². The van der Waals surface area contributed by atoms with Gasteiger partial charge in [-0.15, -0.1) is 27.1 Å². The minimum atomic E-state index is -2.58. The molecule has 3 heterocycles. The molecular formula is C26H26F2N6O. The van der Waals surface area contributed by atoms with Crippen LogP contribution in [0.4, 0.5) is 8.78 Å². The molecule has 4 rings (SSSR count). The van der Waals surface area contributed by atoms with E-state index in [1.165, 1.54) is 16.8 Å². The molecule has 0 spiro atoms. The van der Waals surface area contributed by atoms with Crippen LogP contribution in [-0.4, -0.2) is 30.2 Å². The second kappa shape index (κ2) is 10.6. The van der Waals surface area contributed by atoms with Gasteiger partial charge in [0.05, 0.1) is 11.4 Å². The molecule has 0 saturated heterocycles. The van der Waals surface area contributed by atoms with Crippen LogP contribution >= 0.6 is 0 Å². The highest BCUT2D eigenvalue weighted by Gasteiger charge is 2.23. The van der Waals surface area contributed by atoms with Crippen molar-refractivity contribution >= 4 is 5.57 Å². The summed E-state index contributed by atoms with van der Waals surface area (Å²) in [6.07, 6.45) is 7.65. The van der Waals surface area contributed by atoms with Crippen LogP contribution in [0, 0.1) is 24.2 Å². The minimum absolute atomic E-state index is 0.113. The Bertz CT molecular complexity index is 1290. The molecule has 1 atom stereocenters. The van der Waals surface area contributed by atoms with Crippen LogP contribution in [0.15, 0.2) is 48.7 Å². The van der Waals surface area contributed by atoms with E-state index in [1.807, 2.05) is 12.1 Å². The minimum Gasteiger partial charge on any atom is -0.470 e. The Hall–Kier alpha value is -3.93. The van der Waals surface area contributed by atoms with E-state index in [0.717, 1.165) is 36.7 Å². The molecule has 0 saturated carbocycles. The molecule has 35 heavy (non-hydrogen) atoms. The first-order valence-electron chi connectivity index (χ1n) is 11.4. The summed E-state index contributed by atoms with van der Waals surface area (Å²) in [4.78, 5) is 4.07. The lowest BCUT2D eigenvalue weighted by Crippen LogP contribution is -2.09. The van der Waals surface area contributed by atoms with Crippen molar-refractivity contribution in [1.82, 2.24) is 30.2 Å². The standard InChI is InChI=1S/C26H26F2N6O/c1-4-5-6-7-13-26(3)14-12-19(15-26)21-9-11-24(32-31-21)35-17-22-18(2)30-33-34(22)23-10-8-20(16-29-23)25(27)28/h8-12,14-16,25H,4-5,13,17H2,1-3H3. The maximum atomic E-state index is 12.8. The summed E-state index contributed by atoms with van der Waals surface area (Å²) >= 11 is 0. The van der Waals surface area contributed by atoms with Crippen molar-refractivity contribution in [3.8, 4) is 23.5 Å². The molecule has 3 aromatic heterocycles. The fraction of sp³-hybridized carbons (Fsp3) is 0.346. The van der Waals surface area contributed by atoms with Crippen LogP contribution in [-0.2, 0) is 6.61 Å². The lowest BCUT2D eigenvalue weighted by molar-refractivity contribution is 0.151. The molecule has 1 aliphatic carbocycles. The van der Waals surface area contributed by atoms with Gasteiger partial charge in [0.2, 0.25) is 5.88 Å². The smallest absolute Gasteiger partial charge is 0.265 e. The maximum Gasteiger partial charge on any atom is 0.265 e. The second-order valence-electron chi connectivity index (χ2n) is 8.55. The molecule has 0 fully saturated rings. The van der Waals surface area contributed by atoms with E-state index < -0.39 is 6.43 Å². The zero-order chi connectivity index (χ0) is 24.8. The van der Waals surface area contributed by atoms with E-state index in [2.05, 4.69) is 63.3 Å². The van der Waals surface area contributed by atoms with Gasteiger partial charge in [0, 0.05) is 36.1 Å². The number of halogens is 2. The number of ether oxygens (including phenoxy) is 1. The first kappa shape index (κ1) is 24.2. The number of aromatic nitrogens is 6. The van der Waals surface area contributed by atoms with Crippen molar-refractivity contribution in [3.05, 3.63) is 71.3 Å². The molecule has 180 valence electrons. The Balaban J connectivity index is 1.42. The number of unbranched alkanes of at least 4 members (excludes halogenated alkanes) is 1. The number of allylic oxidation sites excluding steroid dienone is 4. The summed E-state index contributed by atoms with van der Waals surface area (Å²) in [5.74, 6) is 7.17. The van der Waals surface area contributed by atoms with E-state index in [0.29, 0.717) is 23.1 Å². The molecule has 0 amide bonds. The summed E-state index contributed by atoms with van der Waals surface area (Å²) in [5.41, 5.74) is 2.75. The van der Waals surface area contributed by atoms with Gasteiger partial charge in [-0.2, -0.15) is 4.68 Å². The molecule has 0 bridgehead atoms. The molecule has 7 nitrogen and oxygen atoms in total. The van der Waals surface area contributed by atoms with Gasteiger partial charge >= 0.3 is 0 Å². The number of alkyl halides is 2. The molecule has 0 radical (unpaired) electrons. The normalized spacial score (nSPS) is 16.8. The van der Waals surface area contributed by atoms with Crippen molar-refractivity contribution in [2.45, 2.75) is 53.1 Å². The van der Waals surface area contributed by atoms with Crippen LogP contribution in [0.2, 0.25) is 0 Å². The Morgan fingerprint density at radius 2 is 1.97 bits per heavy atom. The average molecular weight is 477 g/mol. The van der Waals surface area contributed by atoms with E-state index in [1.54, 1.807) is 13.0 Å². The van der Waals surface area contributed by atoms with Gasteiger partial charge in [0.25, 0.3) is 6.43 Å². The van der Waals surface area contributed by atoms with Crippen LogP contribution < -0.4 is 4.74 Å². The predicted octanol–water partition coefficient (Wildman–Crippen LogP) is 5.43. The number of aryl methyl sites for hydroxylation is 1. The SMILES string of the molecule is CCCC#CCC1(C)C=CC(c2ccc(OCc3c(C)nnn3-c3ccc(C(F)F)cn3)nn2)=C1. The molecule has 0 N–H and O–H groups in total. The van der Waals surface area contributed by atoms with Crippen molar-refractivity contribution in [2.24, 2.45) is 5.41 Å². The number of hydrogen-bond donors (Lipinski definition) is 0. The third-order valence-electron chi connectivity index (χ3n) is 5.59. The lowest BCUT2D eigenvalue weighted by atomic mass is 9.89. The number of nitrogens with zero attached hydrogens (tertiary/aromatic N) is 6. The monoisotopic (exact) mass is 476 g/mol. The third kappa shape index (κ3) is 5.77. The molecule has 0 aliphatic heterocycles. The van der Waals surface area contributed by atoms with Crippen molar-refractivity contribution in [2.75, 3.05) is 0 Å². The van der Waals surface area contributed by atoms with E-state index in [-0.39, 0.29) is 17.6 Å². The van der Waals surface area contributed by atoms with Crippen LogP contribution in [0.5, 0.6) is 5.88 Å². The average Bonchev–Trinajstić information content (AvgIpc) is 3.44. The van der Waals surface area contributed by atoms with Crippen LogP contribution in [0.3, 0.4) is 0 Å². The van der Waals surface area contributed by atoms with Crippen molar-refractivity contribution in [1.29, 1.82) is 0 Å². The Morgan fingerprint density at radius 1 is 1.11 bits per heavy atom. The summed E-state index contributed by atoms with van der Waals surface area (Å²) in [7, 11) is 0. The van der Waals surface area contributed by atoms with E-state index in [4.69, 9.17) is 4.74 Å². The van der Waals surface area contributed by atoms with Gasteiger partial charge in [-0.05, 0) is 37.1 Å². The summed E-state index contributed by atoms with van der Waals surface area (Å²) in [6, 6.07) is 6.40. The number of pyridine rings is 1. The van der Waals surface area contributed by atoms with Crippen molar-refractivity contribution < 1.29 is 13.5 Å². The summed E-state index contributed by atoms with van der Waals surface area (Å²) < 4.78 is 32.9. The molecule has 1 aliphatic rings. The Kier molecular flexibility index (Phi) is 7.30. The molecule has 3 aromatic rings. The maximum absolute atomic E-state index is 12.8. The fourth-order valence-corrected chi connectivity index (χ4v) is 3.54. The van der Waals surface area contributed by atoms with Gasteiger partial charge in [-0.25, -0.2) is 13.8 Å². The molecule has 1 unspecified atom stereocenters. The van der Waals surface area contributed by atoms with Crippen molar-refractivity contribution in [3.63, 3.8) is 0 Å². The largest absolute Gasteiger partial charge is 0.470 e.